The molecule has 0 aliphatic carbocycles. The van der Waals surface area contributed by atoms with Gasteiger partial charge in [-0.15, -0.1) is 0 Å². The fourth-order valence-electron chi connectivity index (χ4n) is 1.98. The third-order valence-electron chi connectivity index (χ3n) is 3.41. The van der Waals surface area contributed by atoms with Gasteiger partial charge in [-0.25, -0.2) is 0 Å². The van der Waals surface area contributed by atoms with Crippen molar-refractivity contribution in [1.82, 2.24) is 10.1 Å². The van der Waals surface area contributed by atoms with Crippen molar-refractivity contribution in [3.05, 3.63) is 64.0 Å². The number of halogens is 1. The molecule has 0 bridgehead atoms. The third kappa shape index (κ3) is 3.36. The van der Waals surface area contributed by atoms with Gasteiger partial charge in [0.25, 0.3) is 5.89 Å². The average Bonchev–Trinajstić information content (AvgIpc) is 2.98. The molecule has 5 heteroatoms. The van der Waals surface area contributed by atoms with E-state index in [1.165, 1.54) is 11.1 Å². The number of hydrogen-bond acceptors (Lipinski definition) is 4. The summed E-state index contributed by atoms with van der Waals surface area (Å²) in [4.78, 5) is 4.35. The van der Waals surface area contributed by atoms with Crippen LogP contribution in [0.1, 0.15) is 17.0 Å². The van der Waals surface area contributed by atoms with Crippen LogP contribution in [0, 0.1) is 13.8 Å². The van der Waals surface area contributed by atoms with Gasteiger partial charge in [0.15, 0.2) is 6.61 Å². The van der Waals surface area contributed by atoms with Gasteiger partial charge < -0.3 is 9.26 Å². The minimum absolute atomic E-state index is 0.256. The van der Waals surface area contributed by atoms with Crippen molar-refractivity contribution in [3.8, 4) is 17.1 Å². The van der Waals surface area contributed by atoms with E-state index in [1.54, 1.807) is 0 Å². The molecule has 112 valence electrons. The third-order valence-corrected chi connectivity index (χ3v) is 3.94. The zero-order valence-corrected chi connectivity index (χ0v) is 13.9. The first-order chi connectivity index (χ1) is 10.6. The van der Waals surface area contributed by atoms with Gasteiger partial charge >= 0.3 is 0 Å². The van der Waals surface area contributed by atoms with Gasteiger partial charge in [0.2, 0.25) is 5.82 Å². The van der Waals surface area contributed by atoms with E-state index >= 15 is 0 Å². The highest BCUT2D eigenvalue weighted by Gasteiger charge is 2.09. The van der Waals surface area contributed by atoms with Gasteiger partial charge in [0.05, 0.1) is 0 Å². The first kappa shape index (κ1) is 14.8. The molecule has 0 atom stereocenters. The van der Waals surface area contributed by atoms with Crippen molar-refractivity contribution in [2.24, 2.45) is 0 Å². The molecule has 0 radical (unpaired) electrons. The van der Waals surface area contributed by atoms with E-state index in [0.29, 0.717) is 11.7 Å². The van der Waals surface area contributed by atoms with Crippen molar-refractivity contribution in [1.29, 1.82) is 0 Å². The maximum absolute atomic E-state index is 5.69. The average molecular weight is 359 g/mol. The molecule has 1 heterocycles. The molecule has 0 saturated carbocycles. The normalized spacial score (nSPS) is 10.7. The van der Waals surface area contributed by atoms with Crippen molar-refractivity contribution in [2.75, 3.05) is 0 Å². The molecule has 0 saturated heterocycles. The van der Waals surface area contributed by atoms with Crippen LogP contribution in [0.4, 0.5) is 0 Å². The fraction of sp³-hybridized carbons (Fsp3) is 0.176. The second-order valence-electron chi connectivity index (χ2n) is 5.05. The predicted molar refractivity (Wildman–Crippen MR) is 87.7 cm³/mol. The van der Waals surface area contributed by atoms with Crippen LogP contribution in [0.15, 0.2) is 51.5 Å². The Bertz CT molecular complexity index is 782. The summed E-state index contributed by atoms with van der Waals surface area (Å²) in [6, 6.07) is 13.7. The minimum Gasteiger partial charge on any atom is -0.484 e. The highest BCUT2D eigenvalue weighted by atomic mass is 79.9. The van der Waals surface area contributed by atoms with E-state index in [0.717, 1.165) is 15.8 Å². The smallest absolute Gasteiger partial charge is 0.264 e. The Kier molecular flexibility index (Phi) is 4.24. The number of ether oxygens (including phenoxy) is 1. The van der Waals surface area contributed by atoms with E-state index in [-0.39, 0.29) is 6.61 Å². The number of rotatable bonds is 4. The maximum Gasteiger partial charge on any atom is 0.264 e. The maximum atomic E-state index is 5.69. The molecule has 3 rings (SSSR count). The molecule has 3 aromatic rings. The zero-order chi connectivity index (χ0) is 15.5. The van der Waals surface area contributed by atoms with E-state index in [1.807, 2.05) is 42.5 Å². The summed E-state index contributed by atoms with van der Waals surface area (Å²) < 4.78 is 11.9. The summed E-state index contributed by atoms with van der Waals surface area (Å²) in [5, 5.41) is 3.98. The Morgan fingerprint density at radius 2 is 1.82 bits per heavy atom. The first-order valence-corrected chi connectivity index (χ1v) is 7.70. The lowest BCUT2D eigenvalue weighted by molar-refractivity contribution is 0.243. The van der Waals surface area contributed by atoms with Gasteiger partial charge in [0.1, 0.15) is 5.75 Å². The summed E-state index contributed by atoms with van der Waals surface area (Å²) in [6.07, 6.45) is 0. The highest BCUT2D eigenvalue weighted by molar-refractivity contribution is 9.10. The Labute approximate surface area is 137 Å². The van der Waals surface area contributed by atoms with Crippen LogP contribution in [-0.2, 0) is 6.61 Å². The van der Waals surface area contributed by atoms with Crippen LogP contribution in [0.5, 0.6) is 5.75 Å². The van der Waals surface area contributed by atoms with Crippen molar-refractivity contribution in [2.45, 2.75) is 20.5 Å². The minimum atomic E-state index is 0.256. The predicted octanol–water partition coefficient (Wildman–Crippen LogP) is 4.69. The second kappa shape index (κ2) is 6.32. The summed E-state index contributed by atoms with van der Waals surface area (Å²) in [7, 11) is 0. The zero-order valence-electron chi connectivity index (χ0n) is 12.3. The topological polar surface area (TPSA) is 48.2 Å². The van der Waals surface area contributed by atoms with Gasteiger partial charge in [0, 0.05) is 10.0 Å². The van der Waals surface area contributed by atoms with Gasteiger partial charge in [-0.3, -0.25) is 0 Å². The van der Waals surface area contributed by atoms with Crippen LogP contribution in [-0.4, -0.2) is 10.1 Å². The highest BCUT2D eigenvalue weighted by Crippen LogP contribution is 2.20. The van der Waals surface area contributed by atoms with Crippen molar-refractivity contribution in [3.63, 3.8) is 0 Å². The monoisotopic (exact) mass is 358 g/mol. The molecular formula is C17H15BrN2O2. The number of aryl methyl sites for hydroxylation is 2. The standard InChI is InChI=1S/C17H15BrN2O2/c1-11-3-8-15(9-12(11)2)21-10-16-19-17(20-22-16)13-4-6-14(18)7-5-13/h3-9H,10H2,1-2H3. The van der Waals surface area contributed by atoms with Crippen molar-refractivity contribution < 1.29 is 9.26 Å². The SMILES string of the molecule is Cc1ccc(OCc2nc(-c3ccc(Br)cc3)no2)cc1C. The second-order valence-corrected chi connectivity index (χ2v) is 5.97. The number of nitrogens with zero attached hydrogens (tertiary/aromatic N) is 2. The van der Waals surface area contributed by atoms with Gasteiger partial charge in [-0.2, -0.15) is 4.98 Å². The Morgan fingerprint density at radius 1 is 1.05 bits per heavy atom. The van der Waals surface area contributed by atoms with Crippen LogP contribution in [0.25, 0.3) is 11.4 Å². The molecule has 2 aromatic carbocycles. The molecule has 0 N–H and O–H groups in total. The molecule has 0 fully saturated rings. The lowest BCUT2D eigenvalue weighted by Crippen LogP contribution is -1.96. The Balaban J connectivity index is 1.69. The Hall–Kier alpha value is -2.14. The molecule has 0 unspecified atom stereocenters. The lowest BCUT2D eigenvalue weighted by atomic mass is 10.1. The Morgan fingerprint density at radius 3 is 2.55 bits per heavy atom. The van der Waals surface area contributed by atoms with Crippen LogP contribution in [0.2, 0.25) is 0 Å². The molecule has 0 aliphatic heterocycles. The summed E-state index contributed by atoms with van der Waals surface area (Å²) in [6.45, 7) is 4.38. The van der Waals surface area contributed by atoms with Gasteiger partial charge in [-0.1, -0.05) is 27.2 Å². The molecule has 0 amide bonds. The van der Waals surface area contributed by atoms with Crippen molar-refractivity contribution >= 4 is 15.9 Å². The van der Waals surface area contributed by atoms with Crippen LogP contribution < -0.4 is 4.74 Å². The quantitative estimate of drug-likeness (QED) is 0.678. The molecule has 22 heavy (non-hydrogen) atoms. The fourth-order valence-corrected chi connectivity index (χ4v) is 2.24. The van der Waals surface area contributed by atoms with Gasteiger partial charge in [-0.05, 0) is 61.4 Å². The molecule has 1 aromatic heterocycles. The summed E-state index contributed by atoms with van der Waals surface area (Å²) in [5.41, 5.74) is 3.34. The molecular weight excluding hydrogens is 344 g/mol. The first-order valence-electron chi connectivity index (χ1n) is 6.90. The number of benzene rings is 2. The molecule has 0 aliphatic rings. The van der Waals surface area contributed by atoms with E-state index in [2.05, 4.69) is 39.9 Å². The lowest BCUT2D eigenvalue weighted by Gasteiger charge is -2.05. The summed E-state index contributed by atoms with van der Waals surface area (Å²) >= 11 is 3.40. The summed E-state index contributed by atoms with van der Waals surface area (Å²) in [5.74, 6) is 1.81. The van der Waals surface area contributed by atoms with Crippen LogP contribution >= 0.6 is 15.9 Å². The largest absolute Gasteiger partial charge is 0.484 e. The van der Waals surface area contributed by atoms with Crippen LogP contribution in [0.3, 0.4) is 0 Å². The molecule has 4 nitrogen and oxygen atoms in total. The number of hydrogen-bond donors (Lipinski definition) is 0. The van der Waals surface area contributed by atoms with E-state index < -0.39 is 0 Å². The number of aromatic nitrogens is 2. The van der Waals surface area contributed by atoms with E-state index in [9.17, 15) is 0 Å². The molecule has 0 spiro atoms. The van der Waals surface area contributed by atoms with E-state index in [4.69, 9.17) is 9.26 Å².